The predicted octanol–water partition coefficient (Wildman–Crippen LogP) is 8.71. The van der Waals surface area contributed by atoms with Crippen LogP contribution in [-0.4, -0.2) is 33.8 Å². The van der Waals surface area contributed by atoms with E-state index < -0.39 is 5.97 Å². The zero-order chi connectivity index (χ0) is 31.5. The number of thiophene rings is 2. The molecule has 0 bridgehead atoms. The van der Waals surface area contributed by atoms with Crippen LogP contribution in [0.3, 0.4) is 0 Å². The molecule has 0 aliphatic heterocycles. The number of para-hydroxylation sites is 1. The van der Waals surface area contributed by atoms with Crippen molar-refractivity contribution in [2.24, 2.45) is 0 Å². The van der Waals surface area contributed by atoms with Gasteiger partial charge in [-0.15, -0.1) is 22.7 Å². The molecular formula is C34H26ClN3O4S3. The van der Waals surface area contributed by atoms with E-state index >= 15 is 0 Å². The quantitative estimate of drug-likeness (QED) is 0.0939. The topological polar surface area (TPSA) is 90.3 Å². The monoisotopic (exact) mass is 671 g/mol. The number of ether oxygens (including phenoxy) is 1. The fraction of sp³-hybridized carbons (Fsp3) is 0.118. The second kappa shape index (κ2) is 13.4. The molecule has 0 atom stereocenters. The highest BCUT2D eigenvalue weighted by Gasteiger charge is 2.24. The lowest BCUT2D eigenvalue weighted by Crippen LogP contribution is -2.23. The Labute approximate surface area is 276 Å². The third-order valence-electron chi connectivity index (χ3n) is 6.97. The number of aryl methyl sites for hydroxylation is 1. The summed E-state index contributed by atoms with van der Waals surface area (Å²) in [5, 5.41) is 8.53. The lowest BCUT2D eigenvalue weighted by Gasteiger charge is -2.13. The van der Waals surface area contributed by atoms with Crippen LogP contribution in [0.15, 0.2) is 99.6 Å². The smallest absolute Gasteiger partial charge is 0.341 e. The van der Waals surface area contributed by atoms with E-state index in [1.165, 1.54) is 22.7 Å². The number of thioether (sulfide) groups is 1. The van der Waals surface area contributed by atoms with Gasteiger partial charge in [-0.05, 0) is 49.2 Å². The summed E-state index contributed by atoms with van der Waals surface area (Å²) in [4.78, 5) is 45.9. The van der Waals surface area contributed by atoms with E-state index in [1.807, 2.05) is 84.4 Å². The Bertz CT molecular complexity index is 2070. The first-order chi connectivity index (χ1) is 21.8. The van der Waals surface area contributed by atoms with Crippen LogP contribution < -0.4 is 10.9 Å². The van der Waals surface area contributed by atoms with Gasteiger partial charge in [-0.2, -0.15) is 0 Å². The van der Waals surface area contributed by atoms with Crippen molar-refractivity contribution in [3.8, 4) is 27.9 Å². The molecule has 3 aromatic carbocycles. The highest BCUT2D eigenvalue weighted by molar-refractivity contribution is 7.99. The summed E-state index contributed by atoms with van der Waals surface area (Å²) in [7, 11) is 0. The summed E-state index contributed by atoms with van der Waals surface area (Å²) in [6.07, 6.45) is 0. The Morgan fingerprint density at radius 2 is 1.60 bits per heavy atom. The molecule has 0 saturated carbocycles. The number of fused-ring (bicyclic) bond motifs is 1. The fourth-order valence-corrected chi connectivity index (χ4v) is 7.71. The first-order valence-corrected chi connectivity index (χ1v) is 17.1. The number of anilines is 1. The van der Waals surface area contributed by atoms with Gasteiger partial charge in [0.15, 0.2) is 5.16 Å². The summed E-state index contributed by atoms with van der Waals surface area (Å²) >= 11 is 9.86. The highest BCUT2D eigenvalue weighted by Crippen LogP contribution is 2.37. The number of aromatic nitrogens is 2. The molecule has 0 spiro atoms. The Hall–Kier alpha value is -4.22. The Morgan fingerprint density at radius 1 is 0.933 bits per heavy atom. The third kappa shape index (κ3) is 6.46. The second-order valence-corrected chi connectivity index (χ2v) is 13.1. The molecule has 3 aromatic heterocycles. The molecule has 226 valence electrons. The number of amides is 1. The Kier molecular flexibility index (Phi) is 9.18. The molecule has 0 radical (unpaired) electrons. The number of benzene rings is 3. The lowest BCUT2D eigenvalue weighted by atomic mass is 10.0. The van der Waals surface area contributed by atoms with E-state index in [1.54, 1.807) is 23.6 Å². The van der Waals surface area contributed by atoms with Gasteiger partial charge in [0.2, 0.25) is 5.91 Å². The number of nitrogens with zero attached hydrogens (tertiary/aromatic N) is 2. The molecular weight excluding hydrogens is 646 g/mol. The minimum atomic E-state index is -0.529. The SMILES string of the molecule is CCOC(=O)c1c(-c2ccc(Cl)cc2)csc1NC(=O)CSc1nc2scc(-c3ccc(C)cc3)c2c(=O)n1-c1ccccc1. The first-order valence-electron chi connectivity index (χ1n) is 14.0. The van der Waals surface area contributed by atoms with E-state index in [4.69, 9.17) is 21.3 Å². The van der Waals surface area contributed by atoms with Crippen molar-refractivity contribution in [2.75, 3.05) is 17.7 Å². The molecule has 45 heavy (non-hydrogen) atoms. The number of rotatable bonds is 9. The van der Waals surface area contributed by atoms with Gasteiger partial charge in [0.1, 0.15) is 15.4 Å². The Balaban J connectivity index is 1.32. The molecule has 0 saturated heterocycles. The van der Waals surface area contributed by atoms with Crippen LogP contribution in [0.4, 0.5) is 5.00 Å². The van der Waals surface area contributed by atoms with E-state index in [2.05, 4.69) is 5.32 Å². The van der Waals surface area contributed by atoms with Crippen LogP contribution in [0, 0.1) is 6.92 Å². The number of halogens is 1. The van der Waals surface area contributed by atoms with E-state index in [-0.39, 0.29) is 29.4 Å². The van der Waals surface area contributed by atoms with Gasteiger partial charge in [-0.1, -0.05) is 83.5 Å². The van der Waals surface area contributed by atoms with Gasteiger partial charge in [-0.3, -0.25) is 14.2 Å². The van der Waals surface area contributed by atoms with Gasteiger partial charge >= 0.3 is 5.97 Å². The van der Waals surface area contributed by atoms with Crippen molar-refractivity contribution in [3.05, 3.63) is 116 Å². The number of esters is 1. The second-order valence-electron chi connectivity index (χ2n) is 9.98. The zero-order valence-electron chi connectivity index (χ0n) is 24.2. The zero-order valence-corrected chi connectivity index (χ0v) is 27.4. The average molecular weight is 672 g/mol. The standard InChI is InChI=1S/C34H26ClN3O4S3/c1-3-42-33(41)29-26(22-13-15-23(35)16-14-22)18-44-31(29)36-27(39)19-45-34-37-30-28(32(40)38(34)24-7-5-4-6-8-24)25(17-43-30)21-11-9-20(2)10-12-21/h4-18H,3,19H2,1-2H3,(H,36,39). The molecule has 1 amide bonds. The maximum Gasteiger partial charge on any atom is 0.341 e. The van der Waals surface area contributed by atoms with E-state index in [9.17, 15) is 14.4 Å². The highest BCUT2D eigenvalue weighted by atomic mass is 35.5. The van der Waals surface area contributed by atoms with Crippen LogP contribution in [0.25, 0.3) is 38.2 Å². The molecule has 0 fully saturated rings. The van der Waals surface area contributed by atoms with Crippen molar-refractivity contribution in [1.29, 1.82) is 0 Å². The summed E-state index contributed by atoms with van der Waals surface area (Å²) in [5.41, 5.74) is 5.05. The minimum Gasteiger partial charge on any atom is -0.462 e. The van der Waals surface area contributed by atoms with Crippen molar-refractivity contribution < 1.29 is 14.3 Å². The van der Waals surface area contributed by atoms with Crippen molar-refractivity contribution in [3.63, 3.8) is 0 Å². The Morgan fingerprint density at radius 3 is 2.31 bits per heavy atom. The molecule has 0 aliphatic rings. The summed E-state index contributed by atoms with van der Waals surface area (Å²) in [6, 6.07) is 24.4. The largest absolute Gasteiger partial charge is 0.462 e. The molecule has 11 heteroatoms. The third-order valence-corrected chi connectivity index (χ3v) is 9.92. The van der Waals surface area contributed by atoms with Crippen LogP contribution in [0.2, 0.25) is 5.02 Å². The van der Waals surface area contributed by atoms with Gasteiger partial charge in [-0.25, -0.2) is 9.78 Å². The minimum absolute atomic E-state index is 0.0442. The average Bonchev–Trinajstić information content (AvgIpc) is 3.66. The van der Waals surface area contributed by atoms with Crippen LogP contribution in [0.5, 0.6) is 0 Å². The maximum atomic E-state index is 14.1. The first kappa shape index (κ1) is 30.8. The van der Waals surface area contributed by atoms with Gasteiger partial charge in [0, 0.05) is 26.9 Å². The number of carbonyl (C=O) groups is 2. The van der Waals surface area contributed by atoms with Crippen molar-refractivity contribution >= 4 is 73.1 Å². The van der Waals surface area contributed by atoms with Crippen LogP contribution >= 0.6 is 46.0 Å². The van der Waals surface area contributed by atoms with Crippen molar-refractivity contribution in [1.82, 2.24) is 9.55 Å². The predicted molar refractivity (Wildman–Crippen MR) is 185 cm³/mol. The number of carbonyl (C=O) groups excluding carboxylic acids is 2. The van der Waals surface area contributed by atoms with Crippen molar-refractivity contribution in [2.45, 2.75) is 19.0 Å². The number of hydrogen-bond donors (Lipinski definition) is 1. The summed E-state index contributed by atoms with van der Waals surface area (Å²) < 4.78 is 6.87. The lowest BCUT2D eigenvalue weighted by molar-refractivity contribution is -0.113. The number of nitrogens with one attached hydrogen (secondary N) is 1. The fourth-order valence-electron chi connectivity index (χ4n) is 4.81. The van der Waals surface area contributed by atoms with E-state index in [0.717, 1.165) is 34.0 Å². The molecule has 3 heterocycles. The molecule has 0 unspecified atom stereocenters. The molecule has 0 aliphatic carbocycles. The summed E-state index contributed by atoms with van der Waals surface area (Å²) in [5.74, 6) is -0.925. The summed E-state index contributed by atoms with van der Waals surface area (Å²) in [6.45, 7) is 3.94. The molecule has 6 aromatic rings. The number of hydrogen-bond acceptors (Lipinski definition) is 8. The normalized spacial score (nSPS) is 11.1. The van der Waals surface area contributed by atoms with Gasteiger partial charge in [0.25, 0.3) is 5.56 Å². The maximum absolute atomic E-state index is 14.1. The van der Waals surface area contributed by atoms with Gasteiger partial charge in [0.05, 0.1) is 23.4 Å². The molecule has 7 nitrogen and oxygen atoms in total. The van der Waals surface area contributed by atoms with Gasteiger partial charge < -0.3 is 10.1 Å². The molecule has 6 rings (SSSR count). The van der Waals surface area contributed by atoms with Crippen LogP contribution in [0.1, 0.15) is 22.8 Å². The van der Waals surface area contributed by atoms with Crippen LogP contribution in [-0.2, 0) is 9.53 Å². The molecule has 1 N–H and O–H groups in total. The van der Waals surface area contributed by atoms with E-state index in [0.29, 0.717) is 36.6 Å².